The second-order valence-corrected chi connectivity index (χ2v) is 9.63. The van der Waals surface area contributed by atoms with E-state index in [0.29, 0.717) is 41.2 Å². The summed E-state index contributed by atoms with van der Waals surface area (Å²) in [5.74, 6) is 0.543. The molecule has 0 amide bonds. The molecule has 2 aliphatic rings. The highest BCUT2D eigenvalue weighted by Gasteiger charge is 2.34. The molecular formula is C27H26N8O. The Kier molecular flexibility index (Phi) is 5.66. The fourth-order valence-corrected chi connectivity index (χ4v) is 4.65. The fraction of sp³-hybridized carbons (Fsp3) is 0.333. The van der Waals surface area contributed by atoms with Gasteiger partial charge in [0.05, 0.1) is 47.1 Å². The van der Waals surface area contributed by atoms with E-state index in [2.05, 4.69) is 21.7 Å². The molecule has 1 aromatic carbocycles. The number of aromatic nitrogens is 6. The number of nitriles is 1. The van der Waals surface area contributed by atoms with Crippen LogP contribution in [0.1, 0.15) is 55.5 Å². The minimum atomic E-state index is -0.825. The molecule has 0 aliphatic heterocycles. The molecule has 9 nitrogen and oxygen atoms in total. The normalized spacial score (nSPS) is 16.6. The summed E-state index contributed by atoms with van der Waals surface area (Å²) in [5.41, 5.74) is 4.13. The fourth-order valence-electron chi connectivity index (χ4n) is 4.65. The lowest BCUT2D eigenvalue weighted by atomic mass is 9.97. The molecule has 0 saturated heterocycles. The number of hydrogen-bond donors (Lipinski definition) is 2. The van der Waals surface area contributed by atoms with E-state index >= 15 is 0 Å². The smallest absolute Gasteiger partial charge is 0.224 e. The summed E-state index contributed by atoms with van der Waals surface area (Å²) in [4.78, 5) is 14.1. The monoisotopic (exact) mass is 478 g/mol. The second kappa shape index (κ2) is 9.13. The van der Waals surface area contributed by atoms with Crippen LogP contribution in [0.5, 0.6) is 0 Å². The highest BCUT2D eigenvalue weighted by Crippen LogP contribution is 2.37. The summed E-state index contributed by atoms with van der Waals surface area (Å²) in [6, 6.07) is 17.6. The van der Waals surface area contributed by atoms with Gasteiger partial charge in [0.15, 0.2) is 0 Å². The van der Waals surface area contributed by atoms with E-state index < -0.39 is 5.60 Å². The number of nitrogens with zero attached hydrogens (tertiary/aromatic N) is 7. The Hall–Kier alpha value is -4.16. The molecule has 2 aliphatic carbocycles. The molecular weight excluding hydrogens is 452 g/mol. The predicted octanol–water partition coefficient (Wildman–Crippen LogP) is 4.05. The maximum atomic E-state index is 10.9. The highest BCUT2D eigenvalue weighted by molar-refractivity contribution is 5.68. The first-order chi connectivity index (χ1) is 17.6. The first-order valence-corrected chi connectivity index (χ1v) is 12.3. The molecule has 2 N–H and O–H groups in total. The third kappa shape index (κ3) is 4.68. The molecule has 2 fully saturated rings. The quantitative estimate of drug-likeness (QED) is 0.407. The Morgan fingerprint density at radius 2 is 1.81 bits per heavy atom. The first kappa shape index (κ1) is 22.3. The summed E-state index contributed by atoms with van der Waals surface area (Å²) >= 11 is 0. The van der Waals surface area contributed by atoms with Crippen LogP contribution in [0, 0.1) is 11.3 Å². The summed E-state index contributed by atoms with van der Waals surface area (Å²) in [6.07, 6.45) is 7.59. The number of benzene rings is 1. The van der Waals surface area contributed by atoms with E-state index in [1.807, 2.05) is 48.7 Å². The molecule has 0 unspecified atom stereocenters. The third-order valence-electron chi connectivity index (χ3n) is 6.76. The predicted molar refractivity (Wildman–Crippen MR) is 134 cm³/mol. The second-order valence-electron chi connectivity index (χ2n) is 9.63. The molecule has 4 aromatic rings. The highest BCUT2D eigenvalue weighted by atomic mass is 16.3. The van der Waals surface area contributed by atoms with Gasteiger partial charge in [-0.15, -0.1) is 5.10 Å². The lowest BCUT2D eigenvalue weighted by Gasteiger charge is -2.21. The number of rotatable bonds is 7. The molecule has 0 radical (unpaired) electrons. The molecule has 2 saturated carbocycles. The van der Waals surface area contributed by atoms with Gasteiger partial charge in [0.2, 0.25) is 5.95 Å². The molecule has 3 aromatic heterocycles. The van der Waals surface area contributed by atoms with Crippen molar-refractivity contribution in [3.05, 3.63) is 71.7 Å². The van der Waals surface area contributed by atoms with Gasteiger partial charge in [-0.2, -0.15) is 5.26 Å². The lowest BCUT2D eigenvalue weighted by molar-refractivity contribution is 0.0397. The zero-order chi connectivity index (χ0) is 24.5. The van der Waals surface area contributed by atoms with Crippen molar-refractivity contribution in [3.63, 3.8) is 0 Å². The maximum absolute atomic E-state index is 10.9. The number of aliphatic hydroxyl groups is 1. The van der Waals surface area contributed by atoms with Gasteiger partial charge in [0.1, 0.15) is 11.3 Å². The van der Waals surface area contributed by atoms with Crippen molar-refractivity contribution in [2.24, 2.45) is 0 Å². The average Bonchev–Trinajstić information content (AvgIpc) is 3.40. The largest absolute Gasteiger partial charge is 0.384 e. The van der Waals surface area contributed by atoms with Crippen LogP contribution >= 0.6 is 0 Å². The van der Waals surface area contributed by atoms with Gasteiger partial charge in [0.25, 0.3) is 0 Å². The molecule has 3 heterocycles. The summed E-state index contributed by atoms with van der Waals surface area (Å²) < 4.78 is 1.73. The summed E-state index contributed by atoms with van der Waals surface area (Å²) in [7, 11) is 0. The van der Waals surface area contributed by atoms with E-state index in [0.717, 1.165) is 55.5 Å². The van der Waals surface area contributed by atoms with Gasteiger partial charge in [0, 0.05) is 11.6 Å². The Labute approximate surface area is 208 Å². The molecule has 36 heavy (non-hydrogen) atoms. The molecule has 0 bridgehead atoms. The van der Waals surface area contributed by atoms with Crippen molar-refractivity contribution in [2.75, 3.05) is 5.32 Å². The van der Waals surface area contributed by atoms with Crippen molar-refractivity contribution in [1.82, 2.24) is 29.9 Å². The van der Waals surface area contributed by atoms with Crippen LogP contribution in [0.25, 0.3) is 22.6 Å². The number of nitrogens with one attached hydrogen (secondary N) is 1. The van der Waals surface area contributed by atoms with Gasteiger partial charge < -0.3 is 10.4 Å². The van der Waals surface area contributed by atoms with E-state index in [4.69, 9.17) is 15.0 Å². The van der Waals surface area contributed by atoms with Crippen molar-refractivity contribution >= 4 is 5.95 Å². The number of hydrogen-bond acceptors (Lipinski definition) is 8. The molecule has 6 rings (SSSR count). The molecule has 180 valence electrons. The van der Waals surface area contributed by atoms with E-state index in [1.54, 1.807) is 10.7 Å². The molecule has 9 heteroatoms. The van der Waals surface area contributed by atoms with Crippen molar-refractivity contribution in [1.29, 1.82) is 5.26 Å². The van der Waals surface area contributed by atoms with Gasteiger partial charge in [-0.25, -0.2) is 14.6 Å². The number of anilines is 1. The Morgan fingerprint density at radius 1 is 1.00 bits per heavy atom. The lowest BCUT2D eigenvalue weighted by Crippen LogP contribution is -2.23. The SMILES string of the molecule is N#Cc1cccc(-c2cc(-c3cn(Cc4cccc(C5(O)CCCC5)n4)nn3)nc(NC3CC3)n2)c1. The Balaban J connectivity index is 1.29. The summed E-state index contributed by atoms with van der Waals surface area (Å²) in [6.45, 7) is 0.437. The van der Waals surface area contributed by atoms with Crippen LogP contribution in [-0.2, 0) is 12.1 Å². The third-order valence-corrected chi connectivity index (χ3v) is 6.76. The minimum Gasteiger partial charge on any atom is -0.384 e. The topological polar surface area (TPSA) is 125 Å². The van der Waals surface area contributed by atoms with Gasteiger partial charge in [-0.3, -0.25) is 4.98 Å². The Morgan fingerprint density at radius 3 is 2.61 bits per heavy atom. The molecule has 0 atom stereocenters. The van der Waals surface area contributed by atoms with Gasteiger partial charge in [-0.1, -0.05) is 36.3 Å². The first-order valence-electron chi connectivity index (χ1n) is 12.3. The van der Waals surface area contributed by atoms with E-state index in [-0.39, 0.29) is 0 Å². The number of pyridine rings is 1. The zero-order valence-corrected chi connectivity index (χ0v) is 19.8. The maximum Gasteiger partial charge on any atom is 0.224 e. The van der Waals surface area contributed by atoms with Crippen LogP contribution in [0.3, 0.4) is 0 Å². The Bertz CT molecular complexity index is 1450. The van der Waals surface area contributed by atoms with Crippen LogP contribution in [-0.4, -0.2) is 41.1 Å². The molecule has 0 spiro atoms. The van der Waals surface area contributed by atoms with Crippen LogP contribution in [0.2, 0.25) is 0 Å². The van der Waals surface area contributed by atoms with Gasteiger partial charge in [-0.05, 0) is 56.0 Å². The van der Waals surface area contributed by atoms with Crippen molar-refractivity contribution < 1.29 is 5.11 Å². The van der Waals surface area contributed by atoms with Crippen LogP contribution in [0.15, 0.2) is 54.7 Å². The van der Waals surface area contributed by atoms with Crippen molar-refractivity contribution in [3.8, 4) is 28.7 Å². The minimum absolute atomic E-state index is 0.391. The van der Waals surface area contributed by atoms with Crippen LogP contribution in [0.4, 0.5) is 5.95 Å². The van der Waals surface area contributed by atoms with E-state index in [1.165, 1.54) is 0 Å². The van der Waals surface area contributed by atoms with Gasteiger partial charge >= 0.3 is 0 Å². The summed E-state index contributed by atoms with van der Waals surface area (Å²) in [5, 5.41) is 32.3. The zero-order valence-electron chi connectivity index (χ0n) is 19.8. The average molecular weight is 479 g/mol. The standard InChI is InChI=1S/C27H26N8O/c28-15-18-5-3-6-19(13-18)22-14-23(32-26(31-22)30-20-9-10-20)24-17-35(34-33-24)16-21-7-4-8-25(29-21)27(36)11-1-2-12-27/h3-8,13-14,17,20,36H,1-2,9-12,16H2,(H,30,31,32). The van der Waals surface area contributed by atoms with Crippen molar-refractivity contribution in [2.45, 2.75) is 56.7 Å². The van der Waals surface area contributed by atoms with Crippen LogP contribution < -0.4 is 5.32 Å². The van der Waals surface area contributed by atoms with E-state index in [9.17, 15) is 10.4 Å².